The highest BCUT2D eigenvalue weighted by atomic mass is 16.5. The van der Waals surface area contributed by atoms with Gasteiger partial charge >= 0.3 is 5.97 Å². The number of Topliss-reactive ketones (excluding diaryl/α,β-unsaturated/α-hetero) is 1. The summed E-state index contributed by atoms with van der Waals surface area (Å²) in [6.07, 6.45) is 1.39. The summed E-state index contributed by atoms with van der Waals surface area (Å²) in [6.45, 7) is 1.23. The van der Waals surface area contributed by atoms with Gasteiger partial charge in [-0.1, -0.05) is 0 Å². The van der Waals surface area contributed by atoms with Crippen molar-refractivity contribution in [2.75, 3.05) is 13.7 Å². The number of aromatic amines is 1. The van der Waals surface area contributed by atoms with Gasteiger partial charge in [0.15, 0.2) is 11.8 Å². The molecule has 3 N–H and O–H groups in total. The van der Waals surface area contributed by atoms with E-state index in [0.29, 0.717) is 5.56 Å². The molecule has 1 heterocycles. The molecule has 0 aliphatic heterocycles. The van der Waals surface area contributed by atoms with Crippen molar-refractivity contribution in [3.8, 4) is 0 Å². The summed E-state index contributed by atoms with van der Waals surface area (Å²) in [5.74, 6) is -1.98. The number of carbonyl (C=O) groups excluding carboxylic acids is 2. The quantitative estimate of drug-likeness (QED) is 0.621. The van der Waals surface area contributed by atoms with Crippen molar-refractivity contribution in [3.05, 3.63) is 23.5 Å². The molecule has 0 fully saturated rings. The molecule has 0 aromatic carbocycles. The minimum Gasteiger partial charge on any atom is -0.480 e. The van der Waals surface area contributed by atoms with E-state index in [9.17, 15) is 14.4 Å². The van der Waals surface area contributed by atoms with Gasteiger partial charge in [0.1, 0.15) is 5.69 Å². The summed E-state index contributed by atoms with van der Waals surface area (Å²) in [6, 6.07) is 0.232. The molecule has 18 heavy (non-hydrogen) atoms. The molecule has 1 atom stereocenters. The Morgan fingerprint density at radius 2 is 2.17 bits per heavy atom. The van der Waals surface area contributed by atoms with Crippen LogP contribution in [0.1, 0.15) is 27.8 Å². The second kappa shape index (κ2) is 5.97. The van der Waals surface area contributed by atoms with E-state index in [4.69, 9.17) is 5.11 Å². The number of ether oxygens (including phenoxy) is 1. The molecule has 1 unspecified atom stereocenters. The van der Waals surface area contributed by atoms with Crippen LogP contribution in [0.3, 0.4) is 0 Å². The van der Waals surface area contributed by atoms with Crippen LogP contribution in [0.15, 0.2) is 12.3 Å². The van der Waals surface area contributed by atoms with Gasteiger partial charge in [0.05, 0.1) is 6.61 Å². The van der Waals surface area contributed by atoms with Crippen molar-refractivity contribution < 1.29 is 24.2 Å². The van der Waals surface area contributed by atoms with Crippen LogP contribution in [0.2, 0.25) is 0 Å². The van der Waals surface area contributed by atoms with Crippen LogP contribution in [-0.4, -0.2) is 47.5 Å². The normalized spacial score (nSPS) is 11.9. The number of nitrogens with one attached hydrogen (secondary N) is 2. The molecule has 0 saturated carbocycles. The molecular weight excluding hydrogens is 240 g/mol. The number of hydrogen-bond acceptors (Lipinski definition) is 4. The highest BCUT2D eigenvalue weighted by Crippen LogP contribution is 2.04. The van der Waals surface area contributed by atoms with Gasteiger partial charge in [-0.15, -0.1) is 0 Å². The van der Waals surface area contributed by atoms with Gasteiger partial charge in [0.25, 0.3) is 5.91 Å². The summed E-state index contributed by atoms with van der Waals surface area (Å²) < 4.78 is 4.69. The minimum atomic E-state index is -1.19. The first-order valence-corrected chi connectivity index (χ1v) is 5.17. The first-order valence-electron chi connectivity index (χ1n) is 5.17. The third kappa shape index (κ3) is 3.42. The molecule has 7 heteroatoms. The zero-order valence-corrected chi connectivity index (χ0v) is 10.0. The number of H-pyrrole nitrogens is 1. The van der Waals surface area contributed by atoms with Crippen LogP contribution in [-0.2, 0) is 9.53 Å². The lowest BCUT2D eigenvalue weighted by Gasteiger charge is -2.12. The fraction of sp³-hybridized carbons (Fsp3) is 0.364. The molecular formula is C11H14N2O5. The molecule has 0 saturated heterocycles. The Labute approximate surface area is 103 Å². The SMILES string of the molecule is COCC(NC(=O)c1cc(C(C)=O)c[nH]1)C(=O)O. The van der Waals surface area contributed by atoms with Gasteiger partial charge in [0, 0.05) is 18.9 Å². The topological polar surface area (TPSA) is 108 Å². The molecule has 0 bridgehead atoms. The number of rotatable bonds is 6. The van der Waals surface area contributed by atoms with Crippen LogP contribution in [0, 0.1) is 0 Å². The standard InChI is InChI=1S/C11H14N2O5/c1-6(14)7-3-8(12-4-7)10(15)13-9(5-18-2)11(16)17/h3-4,9,12H,5H2,1-2H3,(H,13,15)(H,16,17). The number of ketones is 1. The Kier molecular flexibility index (Phi) is 4.61. The number of amides is 1. The van der Waals surface area contributed by atoms with E-state index >= 15 is 0 Å². The van der Waals surface area contributed by atoms with Gasteiger partial charge in [0.2, 0.25) is 0 Å². The van der Waals surface area contributed by atoms with Crippen LogP contribution in [0.5, 0.6) is 0 Å². The Morgan fingerprint density at radius 3 is 2.61 bits per heavy atom. The largest absolute Gasteiger partial charge is 0.480 e. The molecule has 0 radical (unpaired) electrons. The lowest BCUT2D eigenvalue weighted by atomic mass is 10.2. The van der Waals surface area contributed by atoms with E-state index in [1.54, 1.807) is 0 Å². The number of hydrogen-bond donors (Lipinski definition) is 3. The molecule has 1 aromatic heterocycles. The van der Waals surface area contributed by atoms with E-state index < -0.39 is 17.9 Å². The summed E-state index contributed by atoms with van der Waals surface area (Å²) in [5, 5.41) is 11.1. The zero-order chi connectivity index (χ0) is 13.7. The predicted octanol–water partition coefficient (Wildman–Crippen LogP) is 0.0467. The van der Waals surface area contributed by atoms with Gasteiger partial charge in [-0.25, -0.2) is 4.79 Å². The number of aromatic nitrogens is 1. The maximum atomic E-state index is 11.7. The number of carbonyl (C=O) groups is 3. The van der Waals surface area contributed by atoms with Crippen LogP contribution >= 0.6 is 0 Å². The van der Waals surface area contributed by atoms with E-state index in [-0.39, 0.29) is 18.1 Å². The number of carboxylic acids is 1. The highest BCUT2D eigenvalue weighted by Gasteiger charge is 2.21. The fourth-order valence-corrected chi connectivity index (χ4v) is 1.31. The Morgan fingerprint density at radius 1 is 1.50 bits per heavy atom. The number of aliphatic carboxylic acids is 1. The summed E-state index contributed by atoms with van der Waals surface area (Å²) in [4.78, 5) is 36.2. The number of methoxy groups -OCH3 is 1. The highest BCUT2D eigenvalue weighted by molar-refractivity contribution is 6.00. The van der Waals surface area contributed by atoms with Gasteiger partial charge in [-0.05, 0) is 13.0 Å². The van der Waals surface area contributed by atoms with Crippen LogP contribution in [0.4, 0.5) is 0 Å². The third-order valence-electron chi connectivity index (χ3n) is 2.27. The molecule has 1 rings (SSSR count). The summed E-state index contributed by atoms with van der Waals surface area (Å²) in [7, 11) is 1.34. The predicted molar refractivity (Wildman–Crippen MR) is 61.6 cm³/mol. The van der Waals surface area contributed by atoms with Gasteiger partial charge in [-0.2, -0.15) is 0 Å². The van der Waals surface area contributed by atoms with Crippen molar-refractivity contribution in [1.29, 1.82) is 0 Å². The zero-order valence-electron chi connectivity index (χ0n) is 10.0. The first kappa shape index (κ1) is 13.9. The lowest BCUT2D eigenvalue weighted by molar-refractivity contribution is -0.140. The molecule has 1 amide bonds. The van der Waals surface area contributed by atoms with Crippen LogP contribution < -0.4 is 5.32 Å². The molecule has 1 aromatic rings. The van der Waals surface area contributed by atoms with Crippen molar-refractivity contribution in [2.45, 2.75) is 13.0 Å². The summed E-state index contributed by atoms with van der Waals surface area (Å²) >= 11 is 0. The maximum Gasteiger partial charge on any atom is 0.328 e. The number of carboxylic acid groups (broad SMARTS) is 1. The smallest absolute Gasteiger partial charge is 0.328 e. The maximum absolute atomic E-state index is 11.7. The fourth-order valence-electron chi connectivity index (χ4n) is 1.31. The molecule has 98 valence electrons. The molecule has 7 nitrogen and oxygen atoms in total. The van der Waals surface area contributed by atoms with Crippen molar-refractivity contribution in [3.63, 3.8) is 0 Å². The van der Waals surface area contributed by atoms with E-state index in [0.717, 1.165) is 0 Å². The summed E-state index contributed by atoms with van der Waals surface area (Å²) in [5.41, 5.74) is 0.487. The average molecular weight is 254 g/mol. The minimum absolute atomic E-state index is 0.127. The second-order valence-electron chi connectivity index (χ2n) is 3.68. The van der Waals surface area contributed by atoms with Gasteiger partial charge < -0.3 is 20.1 Å². The Hall–Kier alpha value is -2.15. The van der Waals surface area contributed by atoms with Crippen LogP contribution in [0.25, 0.3) is 0 Å². The lowest BCUT2D eigenvalue weighted by Crippen LogP contribution is -2.43. The van der Waals surface area contributed by atoms with Crippen molar-refractivity contribution in [1.82, 2.24) is 10.3 Å². The molecule has 0 aliphatic rings. The van der Waals surface area contributed by atoms with E-state index in [2.05, 4.69) is 15.0 Å². The molecule has 0 aliphatic carbocycles. The Balaban J connectivity index is 2.74. The van der Waals surface area contributed by atoms with Crippen molar-refractivity contribution in [2.24, 2.45) is 0 Å². The average Bonchev–Trinajstić information content (AvgIpc) is 2.77. The first-order chi connectivity index (χ1) is 8.45. The monoisotopic (exact) mass is 254 g/mol. The second-order valence-corrected chi connectivity index (χ2v) is 3.68. The van der Waals surface area contributed by atoms with Gasteiger partial charge in [-0.3, -0.25) is 9.59 Å². The van der Waals surface area contributed by atoms with Crippen molar-refractivity contribution >= 4 is 17.7 Å². The van der Waals surface area contributed by atoms with E-state index in [1.165, 1.54) is 26.3 Å². The Bertz CT molecular complexity index is 466. The molecule has 0 spiro atoms. The third-order valence-corrected chi connectivity index (χ3v) is 2.27. The van der Waals surface area contributed by atoms with E-state index in [1.807, 2.05) is 0 Å².